The number of nitrogens with zero attached hydrogens (tertiary/aromatic N) is 8. The summed E-state index contributed by atoms with van der Waals surface area (Å²) < 4.78 is 143. The second-order valence-corrected chi connectivity index (χ2v) is 38.9. The number of carboxylic acids is 1. The smallest absolute Gasteiger partial charge is 1.00 e. The van der Waals surface area contributed by atoms with E-state index in [-0.39, 0.29) is 189 Å². The van der Waals surface area contributed by atoms with Crippen molar-refractivity contribution in [2.75, 3.05) is 27.3 Å². The molecule has 8 aliphatic rings. The number of alkyl halides is 4. The number of quaternary nitrogens is 1. The number of halogens is 5. The summed E-state index contributed by atoms with van der Waals surface area (Å²) in [5.74, 6) is -2.88. The zero-order chi connectivity index (χ0) is 89.0. The summed E-state index contributed by atoms with van der Waals surface area (Å²) in [5.41, 5.74) is 3.96. The molecule has 6 aromatic rings. The maximum Gasteiger partial charge on any atom is 2.00 e. The quantitative estimate of drug-likeness (QED) is 0.0406. The molecule has 4 saturated carbocycles. The monoisotopic (exact) mass is 1870 g/mol. The molecule has 8 heterocycles. The molecule has 4 aliphatic heterocycles. The van der Waals surface area contributed by atoms with Crippen molar-refractivity contribution in [1.82, 2.24) is 54.1 Å². The first-order valence-electron chi connectivity index (χ1n) is 42.0. The maximum atomic E-state index is 14.8. The number of allylic oxidation sites excluding steroid dienone is 4. The second kappa shape index (κ2) is 43.5. The van der Waals surface area contributed by atoms with Gasteiger partial charge in [0.15, 0.2) is 17.6 Å². The van der Waals surface area contributed by atoms with Crippen molar-refractivity contribution < 1.29 is 157 Å². The number of benzene rings is 2. The van der Waals surface area contributed by atoms with Gasteiger partial charge in [0.05, 0.1) is 88.9 Å². The van der Waals surface area contributed by atoms with Crippen molar-refractivity contribution in [3.8, 4) is 34.8 Å². The summed E-state index contributed by atoms with van der Waals surface area (Å²) in [7, 11) is -4.74. The third-order valence-corrected chi connectivity index (χ3v) is 28.8. The minimum absolute atomic E-state index is 0. The number of hydrogen-bond donors (Lipinski definition) is 4. The van der Waals surface area contributed by atoms with E-state index < -0.39 is 138 Å². The van der Waals surface area contributed by atoms with E-state index in [9.17, 15) is 77.9 Å². The van der Waals surface area contributed by atoms with Gasteiger partial charge in [-0.1, -0.05) is 51.0 Å². The first-order chi connectivity index (χ1) is 58.2. The van der Waals surface area contributed by atoms with E-state index in [1.54, 1.807) is 57.2 Å². The number of amides is 5. The second-order valence-electron chi connectivity index (χ2n) is 34.6. The van der Waals surface area contributed by atoms with Crippen LogP contribution in [0.3, 0.4) is 0 Å². The molecular weight excluding hydrogens is 1760 g/mol. The number of sulfonamides is 2. The predicted octanol–water partition coefficient (Wildman–Crippen LogP) is 3.21. The molecular formula is C87H116CaClF4N12NaO19S2. The van der Waals surface area contributed by atoms with Crippen LogP contribution in [0.2, 0.25) is 0 Å². The van der Waals surface area contributed by atoms with Crippen LogP contribution in [0.4, 0.5) is 17.6 Å². The Balaban J connectivity index is 0.000000342. The molecule has 31 nitrogen and oxygen atoms in total. The van der Waals surface area contributed by atoms with Crippen molar-refractivity contribution in [1.29, 1.82) is 0 Å². The van der Waals surface area contributed by atoms with Crippen LogP contribution < -0.4 is 96.0 Å². The van der Waals surface area contributed by atoms with E-state index >= 15 is 0 Å². The number of aromatic nitrogens is 6. The molecule has 5 amide bonds. The van der Waals surface area contributed by atoms with Crippen molar-refractivity contribution in [3.05, 3.63) is 108 Å². The zero-order valence-electron chi connectivity index (χ0n) is 74.9. The molecule has 0 bridgehead atoms. The average molecular weight is 1870 g/mol. The van der Waals surface area contributed by atoms with Crippen LogP contribution >= 0.6 is 0 Å². The van der Waals surface area contributed by atoms with Gasteiger partial charge in [0.25, 0.3) is 24.7 Å². The summed E-state index contributed by atoms with van der Waals surface area (Å²) in [4.78, 5) is 122. The topological polar surface area (TPSA) is 415 Å². The van der Waals surface area contributed by atoms with Gasteiger partial charge in [-0.15, -0.1) is 0 Å². The summed E-state index contributed by atoms with van der Waals surface area (Å²) in [6, 6.07) is 9.49. The molecule has 10 atom stereocenters. The van der Waals surface area contributed by atoms with E-state index in [0.717, 1.165) is 70.2 Å². The number of carbonyl (C=O) groups excluding carboxylic acids is 8. The molecule has 0 spiro atoms. The number of rotatable bonds is 23. The minimum atomic E-state index is -4.01. The molecule has 6 N–H and O–H groups in total. The van der Waals surface area contributed by atoms with Gasteiger partial charge < -0.3 is 74.4 Å². The van der Waals surface area contributed by atoms with Gasteiger partial charge in [-0.3, -0.25) is 52.4 Å². The summed E-state index contributed by atoms with van der Waals surface area (Å²) >= 11 is 0. The number of ether oxygens (including phenoxy) is 6. The van der Waals surface area contributed by atoms with Gasteiger partial charge in [0.2, 0.25) is 49.5 Å². The Morgan fingerprint density at radius 2 is 1.02 bits per heavy atom. The molecule has 40 heteroatoms. The molecule has 4 aromatic heterocycles. The number of carbonyl (C=O) groups is 8. The first-order valence-corrected chi connectivity index (χ1v) is 44.9. The standard InChI is InChI=1S/C43H54F2N6O9S.C37H50N4O8S.C6H6F2N2O2.CH4.Ca.ClH.Na.2H/c1-25(2)59-37-20-35(29-13-14-34(58-5)26(3)38(29)47-37)60-28-19-32-33(52)22-43(41(55)49-61(56,57)42(4)16-17-42)21-27(43)11-9-7-6-8-10-12-31(40(54)51(32)23-28)46-39(53)30-15-18-50(48-30)24-36(44)45;1-22(2)48-32-18-31(26-13-14-30(47-5)23(3)33(26)39-32)49-25-17-28-29(42)20-37(35(44)40-50(45,46)36(4)15-16-36)19-24(37)11-9-7-6-8-10-12-27(38)34(43)41(28)21-25;7-5(8)3-10-2-1-4(9-10)6(11)12;;;;;;/h9,11,13-15,18,20,25,27-28,31-32,36H,6-8,10,12,16-17,19,21-24H2,1-5H3,(H,46,53)(H,49,55);9,11,13-14,18,22,24-25,27-28H,6-8,10,12,15-17,19-21,38H2,1-5H3,(H,40,44);1-2,5H,3H2,(H,11,12);1H4;;1H;;;/q;;;;+2;;+1;2*-1/p-1/b2*11-9-;;;;;;;/t27-,28-,31+,32+,43-;24-,25-,27+,28+,37-;;;;;;;/m11......./s1. The number of pyridine rings is 2. The van der Waals surface area contributed by atoms with Crippen LogP contribution in [0.5, 0.6) is 34.8 Å². The molecule has 4 aliphatic carbocycles. The Morgan fingerprint density at radius 3 is 1.41 bits per heavy atom. The molecule has 0 radical (unpaired) electrons. The molecule has 0 unspecified atom stereocenters. The van der Waals surface area contributed by atoms with Crippen LogP contribution in [-0.4, -0.2) is 239 Å². The van der Waals surface area contributed by atoms with Crippen molar-refractivity contribution >= 4 is 127 Å². The number of carboxylic acid groups (broad SMARTS) is 1. The number of nitrogens with one attached hydrogen (secondary N) is 3. The SMILES string of the molecule is C.COc1ccc2c(O[C@@H]3C[C@H]4C(=O)C[C@]5(C(=O)NS(=O)(=O)C6(C)CC6)C[C@H]5/C=C\CCCCC[C@H](NC(=O)c5ccn(CC(F)F)n5)C(=O)N4C3)cc(OC(C)C)nc2c1C.COc1ccc2c(O[C@@H]3C[C@H]4C(=O)C[C@]5(C(=O)NS(=O)(=O)C6(C)CC6)C[C@H]5/C=C\CCCCC[C@H]([NH3+])C(=O)N4C3)cc(OC(C)C)nc2c1C.O=C([O-])c1ccn(CC(F)F)n1.[Ca+2].[Cl-].[H-].[H-].[Na+]. The average Bonchev–Trinajstić information content (AvgIpc) is 1.57. The Bertz CT molecular complexity index is 5330. The van der Waals surface area contributed by atoms with E-state index in [1.807, 2.05) is 78.0 Å². The summed E-state index contributed by atoms with van der Waals surface area (Å²) in [6.07, 6.45) is 12.5. The number of aryl methyl sites for hydroxylation is 2. The Kier molecular flexibility index (Phi) is 35.9. The number of ketones is 2. The van der Waals surface area contributed by atoms with Gasteiger partial charge in [0.1, 0.15) is 65.7 Å². The van der Waals surface area contributed by atoms with E-state index in [1.165, 1.54) is 17.2 Å². The Hall–Kier alpha value is -7.75. The van der Waals surface area contributed by atoms with Crippen molar-refractivity contribution in [2.24, 2.45) is 22.7 Å². The third kappa shape index (κ3) is 24.7. The summed E-state index contributed by atoms with van der Waals surface area (Å²) in [5, 5.41) is 21.6. The molecule has 6 fully saturated rings. The first kappa shape index (κ1) is 105. The molecule has 2 saturated heterocycles. The fourth-order valence-corrected chi connectivity index (χ4v) is 19.2. The molecule has 14 rings (SSSR count). The van der Waals surface area contributed by atoms with E-state index in [4.69, 9.17) is 38.4 Å². The fraction of sp³-hybridized carbons (Fsp3) is 0.586. The van der Waals surface area contributed by atoms with Crippen LogP contribution in [0, 0.1) is 36.5 Å². The van der Waals surface area contributed by atoms with Crippen LogP contribution in [0.15, 0.2) is 85.2 Å². The molecule has 688 valence electrons. The Labute approximate surface area is 798 Å². The van der Waals surface area contributed by atoms with Gasteiger partial charge in [-0.25, -0.2) is 44.4 Å². The maximum absolute atomic E-state index is 14.8. The number of methoxy groups -OCH3 is 2. The predicted molar refractivity (Wildman–Crippen MR) is 454 cm³/mol. The van der Waals surface area contributed by atoms with E-state index in [0.29, 0.717) is 109 Å². The normalized spacial score (nSPS) is 24.8. The number of hydrogen-bond acceptors (Lipinski definition) is 23. The fourth-order valence-electron chi connectivity index (χ4n) is 16.5. The largest absolute Gasteiger partial charge is 2.00 e. The van der Waals surface area contributed by atoms with Gasteiger partial charge in [0, 0.05) is 78.5 Å². The van der Waals surface area contributed by atoms with Gasteiger partial charge in [-0.05, 0) is 181 Å². The van der Waals surface area contributed by atoms with Crippen molar-refractivity contribution in [3.63, 3.8) is 0 Å². The number of aromatic carboxylic acids is 1. The molecule has 2 aromatic carbocycles. The minimum Gasteiger partial charge on any atom is -1.00 e. The van der Waals surface area contributed by atoms with Crippen LogP contribution in [0.1, 0.15) is 212 Å². The Morgan fingerprint density at radius 1 is 0.606 bits per heavy atom. The van der Waals surface area contributed by atoms with Gasteiger partial charge >= 0.3 is 67.3 Å². The summed E-state index contributed by atoms with van der Waals surface area (Å²) in [6.45, 7) is 13.3. The van der Waals surface area contributed by atoms with Crippen LogP contribution in [0.25, 0.3) is 21.8 Å². The van der Waals surface area contributed by atoms with Crippen LogP contribution in [-0.2, 0) is 61.9 Å². The van der Waals surface area contributed by atoms with Gasteiger partial charge in [-0.2, -0.15) is 10.2 Å². The molecule has 127 heavy (non-hydrogen) atoms. The zero-order valence-corrected chi connectivity index (χ0v) is 79.5. The number of Topliss-reactive ketones (excluding diaryl/α,β-unsaturated/α-hetero) is 2. The van der Waals surface area contributed by atoms with Crippen molar-refractivity contribution in [2.45, 2.75) is 275 Å². The third-order valence-electron chi connectivity index (χ3n) is 24.5. The number of fused-ring (bicyclic) bond motifs is 6. The van der Waals surface area contributed by atoms with E-state index in [2.05, 4.69) is 30.7 Å².